The summed E-state index contributed by atoms with van der Waals surface area (Å²) < 4.78 is 6.01. The minimum Gasteiger partial charge on any atom is -0.504 e. The van der Waals surface area contributed by atoms with Crippen molar-refractivity contribution in [2.24, 2.45) is 23.7 Å². The van der Waals surface area contributed by atoms with Crippen LogP contribution in [0.5, 0.6) is 11.5 Å². The number of rotatable bonds is 8. The highest BCUT2D eigenvalue weighted by Gasteiger charge is 2.66. The molecule has 1 aliphatic heterocycles. The van der Waals surface area contributed by atoms with Gasteiger partial charge >= 0.3 is 11.4 Å². The Morgan fingerprint density at radius 2 is 1.50 bits per heavy atom. The number of imide groups is 1. The molecule has 0 spiro atoms. The standard InChI is InChI=1S/C43H35IN4O10/c1-45(2)38-32(47(54)55)18-25(19-33(38)48(56)57)46-41(52)27-15-14-26-29(36(27)42(46)53)20-30-39(50)28(22-10-6-4-7-11-22)21-35(49)43(30,24-12-8-5-9-13-24)37(26)23-16-31(44)40(51)34(17-23)58-3/h4-14,16-19,21,27,29-30,36-37,51H,15,20H2,1-3H3/t27-,29+,30-,36-,37-,43-/m0/s1. The van der Waals surface area contributed by atoms with Gasteiger partial charge in [-0.3, -0.25) is 39.4 Å². The molecule has 15 heteroatoms. The van der Waals surface area contributed by atoms with Crippen LogP contribution in [-0.2, 0) is 24.6 Å². The van der Waals surface area contributed by atoms with E-state index in [9.17, 15) is 34.9 Å². The molecule has 0 unspecified atom stereocenters. The Labute approximate surface area is 345 Å². The number of anilines is 2. The van der Waals surface area contributed by atoms with Crippen LogP contribution in [0.3, 0.4) is 0 Å². The zero-order chi connectivity index (χ0) is 41.4. The number of hydrogen-bond donors (Lipinski definition) is 1. The number of phenolic OH excluding ortho intramolecular Hbond substituents is 1. The fraction of sp³-hybridized carbons (Fsp3) is 0.256. The van der Waals surface area contributed by atoms with Crippen LogP contribution in [0.1, 0.15) is 35.4 Å². The van der Waals surface area contributed by atoms with E-state index in [0.29, 0.717) is 25.8 Å². The highest BCUT2D eigenvalue weighted by Crippen LogP contribution is 2.64. The summed E-state index contributed by atoms with van der Waals surface area (Å²) in [4.78, 5) is 84.7. The summed E-state index contributed by atoms with van der Waals surface area (Å²) in [5.41, 5.74) is -0.931. The maximum Gasteiger partial charge on any atom is 0.301 e. The van der Waals surface area contributed by atoms with Crippen molar-refractivity contribution in [1.82, 2.24) is 0 Å². The number of methoxy groups -OCH3 is 1. The van der Waals surface area contributed by atoms with Gasteiger partial charge in [-0.05, 0) is 76.2 Å². The molecule has 58 heavy (non-hydrogen) atoms. The van der Waals surface area contributed by atoms with E-state index in [-0.39, 0.29) is 52.9 Å². The van der Waals surface area contributed by atoms with Gasteiger partial charge in [-0.1, -0.05) is 72.3 Å². The van der Waals surface area contributed by atoms with Gasteiger partial charge in [0, 0.05) is 43.6 Å². The van der Waals surface area contributed by atoms with E-state index in [2.05, 4.69) is 0 Å². The Kier molecular flexibility index (Phi) is 9.53. The van der Waals surface area contributed by atoms with Crippen LogP contribution in [-0.4, -0.2) is 59.5 Å². The molecule has 8 rings (SSSR count). The fourth-order valence-electron chi connectivity index (χ4n) is 9.88. The van der Waals surface area contributed by atoms with Crippen LogP contribution in [0.2, 0.25) is 0 Å². The van der Waals surface area contributed by atoms with Crippen molar-refractivity contribution in [3.05, 3.63) is 143 Å². The summed E-state index contributed by atoms with van der Waals surface area (Å²) >= 11 is 1.97. The van der Waals surface area contributed by atoms with E-state index in [0.717, 1.165) is 17.0 Å². The second-order valence-corrected chi connectivity index (χ2v) is 16.3. The smallest absolute Gasteiger partial charge is 0.301 e. The molecule has 0 radical (unpaired) electrons. The van der Waals surface area contributed by atoms with Gasteiger partial charge < -0.3 is 14.7 Å². The van der Waals surface area contributed by atoms with Gasteiger partial charge in [0.05, 0.1) is 43.5 Å². The summed E-state index contributed by atoms with van der Waals surface area (Å²) in [6.07, 6.45) is 3.30. The Bertz CT molecular complexity index is 2500. The Hall–Kier alpha value is -6.23. The molecule has 1 heterocycles. The van der Waals surface area contributed by atoms with Crippen molar-refractivity contribution < 1.29 is 38.9 Å². The van der Waals surface area contributed by atoms with E-state index >= 15 is 9.59 Å². The van der Waals surface area contributed by atoms with Gasteiger partial charge in [-0.2, -0.15) is 0 Å². The summed E-state index contributed by atoms with van der Waals surface area (Å²) in [6.45, 7) is 0. The molecule has 0 aromatic heterocycles. The molecule has 6 atom stereocenters. The molecule has 0 bridgehead atoms. The number of halogens is 1. The molecule has 4 aromatic rings. The molecule has 4 aliphatic rings. The lowest BCUT2D eigenvalue weighted by molar-refractivity contribution is -0.392. The quantitative estimate of drug-likeness (QED) is 0.0636. The lowest BCUT2D eigenvalue weighted by atomic mass is 9.44. The topological polar surface area (TPSA) is 190 Å². The number of allylic oxidation sites excluding steroid dienone is 4. The number of carbonyl (C=O) groups excluding carboxylic acids is 4. The third-order valence-corrected chi connectivity index (χ3v) is 13.0. The van der Waals surface area contributed by atoms with Gasteiger partial charge in [0.2, 0.25) is 11.8 Å². The van der Waals surface area contributed by atoms with Crippen LogP contribution in [0.4, 0.5) is 22.7 Å². The summed E-state index contributed by atoms with van der Waals surface area (Å²) in [5, 5.41) is 35.5. The Morgan fingerprint density at radius 3 is 2.09 bits per heavy atom. The molecule has 1 N–H and O–H groups in total. The zero-order valence-corrected chi connectivity index (χ0v) is 33.5. The van der Waals surface area contributed by atoms with Gasteiger partial charge in [-0.15, -0.1) is 0 Å². The molecule has 4 aromatic carbocycles. The van der Waals surface area contributed by atoms with Crippen LogP contribution >= 0.6 is 22.6 Å². The van der Waals surface area contributed by atoms with Crippen molar-refractivity contribution in [2.75, 3.05) is 31.0 Å². The van der Waals surface area contributed by atoms with E-state index in [1.807, 2.05) is 46.9 Å². The fourth-order valence-corrected chi connectivity index (χ4v) is 10.5. The van der Waals surface area contributed by atoms with Crippen molar-refractivity contribution in [2.45, 2.75) is 24.2 Å². The molecule has 2 amide bonds. The minimum absolute atomic E-state index is 0.00776. The molecule has 1 saturated heterocycles. The van der Waals surface area contributed by atoms with Crippen LogP contribution in [0.15, 0.2) is 103 Å². The maximum atomic E-state index is 15.3. The maximum absolute atomic E-state index is 15.3. The number of ketones is 2. The molecule has 1 saturated carbocycles. The molecular weight excluding hydrogens is 859 g/mol. The lowest BCUT2D eigenvalue weighted by Crippen LogP contribution is -2.58. The number of Topliss-reactive ketones (excluding diaryl/α,β-unsaturated/α-hetero) is 1. The van der Waals surface area contributed by atoms with Gasteiger partial charge in [-0.25, -0.2) is 4.90 Å². The number of nitrogens with zero attached hydrogens (tertiary/aromatic N) is 4. The first-order chi connectivity index (χ1) is 27.7. The second-order valence-electron chi connectivity index (χ2n) is 15.1. The zero-order valence-electron chi connectivity index (χ0n) is 31.3. The van der Waals surface area contributed by atoms with Crippen LogP contribution < -0.4 is 14.5 Å². The number of ether oxygens (including phenoxy) is 1. The number of nitro benzene ring substituents is 2. The predicted molar refractivity (Wildman–Crippen MR) is 221 cm³/mol. The molecule has 3 aliphatic carbocycles. The van der Waals surface area contributed by atoms with Crippen molar-refractivity contribution >= 4 is 74.3 Å². The Balaban J connectivity index is 1.35. The van der Waals surface area contributed by atoms with Crippen molar-refractivity contribution in [3.63, 3.8) is 0 Å². The summed E-state index contributed by atoms with van der Waals surface area (Å²) in [5.74, 6) is -6.81. The van der Waals surface area contributed by atoms with Crippen LogP contribution in [0, 0.1) is 47.5 Å². The number of phenols is 1. The first-order valence-corrected chi connectivity index (χ1v) is 19.5. The third-order valence-electron chi connectivity index (χ3n) is 12.1. The van der Waals surface area contributed by atoms with Crippen molar-refractivity contribution in [3.8, 4) is 11.5 Å². The van der Waals surface area contributed by atoms with Gasteiger partial charge in [0.1, 0.15) is 0 Å². The molecular formula is C43H35IN4O10. The average Bonchev–Trinajstić information content (AvgIpc) is 3.47. The number of fused-ring (bicyclic) bond motifs is 4. The molecule has 14 nitrogen and oxygen atoms in total. The number of hydrogen-bond acceptors (Lipinski definition) is 11. The van der Waals surface area contributed by atoms with Gasteiger partial charge in [0.25, 0.3) is 0 Å². The number of nitro groups is 2. The highest BCUT2D eigenvalue weighted by atomic mass is 127. The SMILES string of the molecule is COc1cc([C@H]2C3=CC[C@@H]4C(=O)N(c5cc([N+](=O)[O-])c(N(C)C)c([N+](=O)[O-])c5)C(=O)[C@@H]4[C@@H]3C[C@H]3C(=O)C(c4ccccc4)=CC(=O)[C@@]23c2ccccc2)cc(I)c1O. The predicted octanol–water partition coefficient (Wildman–Crippen LogP) is 6.92. The summed E-state index contributed by atoms with van der Waals surface area (Å²) in [6, 6.07) is 23.2. The Morgan fingerprint density at radius 1 is 0.879 bits per heavy atom. The number of amides is 2. The monoisotopic (exact) mass is 894 g/mol. The average molecular weight is 895 g/mol. The first-order valence-electron chi connectivity index (χ1n) is 18.4. The van der Waals surface area contributed by atoms with E-state index in [1.165, 1.54) is 32.2 Å². The van der Waals surface area contributed by atoms with Crippen LogP contribution in [0.25, 0.3) is 5.57 Å². The highest BCUT2D eigenvalue weighted by molar-refractivity contribution is 14.1. The number of benzene rings is 4. The van der Waals surface area contributed by atoms with E-state index < -0.39 is 68.0 Å². The second kappa shape index (κ2) is 14.3. The number of aromatic hydroxyl groups is 1. The first kappa shape index (κ1) is 38.6. The largest absolute Gasteiger partial charge is 0.504 e. The van der Waals surface area contributed by atoms with E-state index in [4.69, 9.17) is 4.74 Å². The summed E-state index contributed by atoms with van der Waals surface area (Å²) in [7, 11) is 4.23. The molecule has 2 fully saturated rings. The number of carbonyl (C=O) groups is 4. The van der Waals surface area contributed by atoms with Crippen molar-refractivity contribution in [1.29, 1.82) is 0 Å². The minimum atomic E-state index is -1.54. The molecule has 294 valence electrons. The lowest BCUT2D eigenvalue weighted by Gasteiger charge is -2.55. The van der Waals surface area contributed by atoms with E-state index in [1.54, 1.807) is 54.6 Å². The normalized spacial score (nSPS) is 25.0. The third kappa shape index (κ3) is 5.65. The van der Waals surface area contributed by atoms with Gasteiger partial charge in [0.15, 0.2) is 28.8 Å².